The summed E-state index contributed by atoms with van der Waals surface area (Å²) in [6, 6.07) is 5.46. The number of H-pyrrole nitrogens is 1. The van der Waals surface area contributed by atoms with E-state index in [9.17, 15) is 27.2 Å². The van der Waals surface area contributed by atoms with Crippen LogP contribution in [0.3, 0.4) is 0 Å². The van der Waals surface area contributed by atoms with Gasteiger partial charge < -0.3 is 15.4 Å². The van der Waals surface area contributed by atoms with E-state index in [4.69, 9.17) is 16.3 Å². The third-order valence-electron chi connectivity index (χ3n) is 4.71. The maximum Gasteiger partial charge on any atom is 0.434 e. The van der Waals surface area contributed by atoms with E-state index in [2.05, 4.69) is 25.8 Å². The maximum atomic E-state index is 13.8. The van der Waals surface area contributed by atoms with Gasteiger partial charge in [-0.2, -0.15) is 18.3 Å². The summed E-state index contributed by atoms with van der Waals surface area (Å²) in [5.41, 5.74) is -2.20. The summed E-state index contributed by atoms with van der Waals surface area (Å²) in [7, 11) is 1.76. The Labute approximate surface area is 215 Å². The molecule has 0 atom stereocenters. The monoisotopic (exact) mass is 543 g/mol. The molecule has 1 amide bonds. The summed E-state index contributed by atoms with van der Waals surface area (Å²) in [4.78, 5) is 28.0. The van der Waals surface area contributed by atoms with Crippen molar-refractivity contribution >= 4 is 23.2 Å². The van der Waals surface area contributed by atoms with Crippen LogP contribution in [0.4, 0.5) is 23.2 Å². The first-order valence-corrected chi connectivity index (χ1v) is 11.6. The van der Waals surface area contributed by atoms with Gasteiger partial charge in [0.05, 0.1) is 34.8 Å². The Hall–Kier alpha value is -3.51. The Kier molecular flexibility index (Phi) is 11.0. The number of aromatic nitrogens is 3. The molecular formula is C24H26ClF4N5O3. The first-order chi connectivity index (χ1) is 17.6. The zero-order valence-corrected chi connectivity index (χ0v) is 21.1. The number of nitrogens with one attached hydrogen (secondary N) is 3. The number of halogens is 5. The molecule has 0 spiro atoms. The number of benzene rings is 1. The molecule has 13 heteroatoms. The largest absolute Gasteiger partial charge is 0.493 e. The van der Waals surface area contributed by atoms with Crippen molar-refractivity contribution in [3.63, 3.8) is 0 Å². The van der Waals surface area contributed by atoms with Gasteiger partial charge in [-0.3, -0.25) is 9.59 Å². The molecule has 0 radical (unpaired) electrons. The molecule has 0 unspecified atom stereocenters. The summed E-state index contributed by atoms with van der Waals surface area (Å²) in [5, 5.41) is 10.2. The highest BCUT2D eigenvalue weighted by Crippen LogP contribution is 2.35. The molecule has 0 fully saturated rings. The van der Waals surface area contributed by atoms with Crippen molar-refractivity contribution < 1.29 is 27.1 Å². The third kappa shape index (κ3) is 8.53. The molecule has 0 aliphatic heterocycles. The number of anilines is 1. The minimum Gasteiger partial charge on any atom is -0.493 e. The zero-order chi connectivity index (χ0) is 27.6. The van der Waals surface area contributed by atoms with Gasteiger partial charge >= 0.3 is 6.18 Å². The Bertz CT molecular complexity index is 1270. The molecule has 2 aromatic heterocycles. The Morgan fingerprint density at radius 3 is 2.57 bits per heavy atom. The number of hydrogen-bond donors (Lipinski definition) is 3. The van der Waals surface area contributed by atoms with Gasteiger partial charge in [0.15, 0.2) is 5.69 Å². The first kappa shape index (κ1) is 29.7. The summed E-state index contributed by atoms with van der Waals surface area (Å²) in [5.74, 6) is -1.36. The van der Waals surface area contributed by atoms with E-state index >= 15 is 0 Å². The highest BCUT2D eigenvalue weighted by atomic mass is 35.5. The van der Waals surface area contributed by atoms with Crippen LogP contribution < -0.4 is 20.9 Å². The highest BCUT2D eigenvalue weighted by molar-refractivity contribution is 6.31. The van der Waals surface area contributed by atoms with Crippen molar-refractivity contribution in [1.29, 1.82) is 0 Å². The molecule has 0 bridgehead atoms. The number of pyridine rings is 1. The lowest BCUT2D eigenvalue weighted by atomic mass is 10.0. The van der Waals surface area contributed by atoms with Crippen molar-refractivity contribution in [3.8, 4) is 5.75 Å². The lowest BCUT2D eigenvalue weighted by Gasteiger charge is -2.16. The van der Waals surface area contributed by atoms with Crippen molar-refractivity contribution in [3.05, 3.63) is 80.2 Å². The van der Waals surface area contributed by atoms with Gasteiger partial charge in [0.1, 0.15) is 11.6 Å². The van der Waals surface area contributed by atoms with Crippen LogP contribution in [0.25, 0.3) is 0 Å². The predicted molar refractivity (Wildman–Crippen MR) is 132 cm³/mol. The van der Waals surface area contributed by atoms with E-state index in [0.717, 1.165) is 30.5 Å². The third-order valence-corrected chi connectivity index (χ3v) is 4.99. The SMILES string of the molecule is CC.CNCCCOc1cc(F)ccc1Cc1nc(C(F)(F)F)c(Cl)cc1C(=O)Nc1cn[nH]c(=O)c1. The molecule has 3 N–H and O–H groups in total. The van der Waals surface area contributed by atoms with Crippen molar-refractivity contribution in [2.45, 2.75) is 32.9 Å². The number of hydrogen-bond acceptors (Lipinski definition) is 6. The van der Waals surface area contributed by atoms with E-state index in [1.54, 1.807) is 7.05 Å². The lowest BCUT2D eigenvalue weighted by Crippen LogP contribution is -2.20. The van der Waals surface area contributed by atoms with Crippen LogP contribution in [0.1, 0.15) is 47.6 Å². The Balaban J connectivity index is 0.00000235. The summed E-state index contributed by atoms with van der Waals surface area (Å²) < 4.78 is 59.9. The number of carbonyl (C=O) groups is 1. The van der Waals surface area contributed by atoms with Crippen LogP contribution in [0.5, 0.6) is 5.75 Å². The normalized spacial score (nSPS) is 10.9. The number of carbonyl (C=O) groups excluding carboxylic acids is 1. The van der Waals surface area contributed by atoms with E-state index in [-0.39, 0.29) is 35.7 Å². The molecule has 8 nitrogen and oxygen atoms in total. The number of aromatic amines is 1. The molecule has 2 heterocycles. The number of nitrogens with zero attached hydrogens (tertiary/aromatic N) is 2. The van der Waals surface area contributed by atoms with E-state index in [1.165, 1.54) is 6.07 Å². The van der Waals surface area contributed by atoms with Gasteiger partial charge in [-0.1, -0.05) is 31.5 Å². The van der Waals surface area contributed by atoms with E-state index in [1.807, 2.05) is 13.8 Å². The van der Waals surface area contributed by atoms with Gasteiger partial charge in [-0.05, 0) is 32.1 Å². The van der Waals surface area contributed by atoms with Crippen LogP contribution in [-0.4, -0.2) is 41.3 Å². The van der Waals surface area contributed by atoms with Crippen LogP contribution in [-0.2, 0) is 12.6 Å². The first-order valence-electron chi connectivity index (χ1n) is 11.3. The molecule has 3 rings (SSSR count). The van der Waals surface area contributed by atoms with Crippen molar-refractivity contribution in [1.82, 2.24) is 20.5 Å². The zero-order valence-electron chi connectivity index (χ0n) is 20.3. The van der Waals surface area contributed by atoms with Gasteiger partial charge in [0.25, 0.3) is 11.5 Å². The highest BCUT2D eigenvalue weighted by Gasteiger charge is 2.36. The van der Waals surface area contributed by atoms with Gasteiger partial charge in [0, 0.05) is 24.1 Å². The molecule has 0 saturated heterocycles. The minimum atomic E-state index is -4.88. The van der Waals surface area contributed by atoms with Crippen molar-refractivity contribution in [2.75, 3.05) is 25.5 Å². The quantitative estimate of drug-likeness (QED) is 0.263. The molecular weight excluding hydrogens is 518 g/mol. The average molecular weight is 544 g/mol. The number of rotatable bonds is 9. The molecule has 37 heavy (non-hydrogen) atoms. The smallest absolute Gasteiger partial charge is 0.434 e. The fourth-order valence-electron chi connectivity index (χ4n) is 3.12. The molecule has 1 aromatic carbocycles. The fraction of sp³-hybridized carbons (Fsp3) is 0.333. The van der Waals surface area contributed by atoms with Gasteiger partial charge in [0.2, 0.25) is 0 Å². The molecule has 0 saturated carbocycles. The Morgan fingerprint density at radius 1 is 1.19 bits per heavy atom. The minimum absolute atomic E-state index is 0.0102. The fourth-order valence-corrected chi connectivity index (χ4v) is 3.38. The summed E-state index contributed by atoms with van der Waals surface area (Å²) in [6.07, 6.45) is -3.43. The molecule has 0 aliphatic rings. The van der Waals surface area contributed by atoms with Gasteiger partial charge in [-0.25, -0.2) is 14.5 Å². The second kappa shape index (κ2) is 13.7. The topological polar surface area (TPSA) is 109 Å². The number of amides is 1. The predicted octanol–water partition coefficient (Wildman–Crippen LogP) is 4.83. The summed E-state index contributed by atoms with van der Waals surface area (Å²) in [6.45, 7) is 4.86. The molecule has 200 valence electrons. The summed E-state index contributed by atoms with van der Waals surface area (Å²) >= 11 is 5.80. The average Bonchev–Trinajstić information content (AvgIpc) is 2.84. The molecule has 0 aliphatic carbocycles. The molecule has 3 aromatic rings. The van der Waals surface area contributed by atoms with Crippen LogP contribution in [0.15, 0.2) is 41.3 Å². The standard InChI is InChI=1S/C22H20ClF4N5O3.C2H6/c1-28-5-2-6-35-18-8-13(24)4-3-12(18)7-17-15(10-16(23)20(31-17)22(25,26)27)21(34)30-14-9-19(33)32-29-11-14;1-2/h3-4,8-11,28H,2,5-7H2,1H3,(H2,30,32,33,34);1-2H3. The van der Waals surface area contributed by atoms with Crippen molar-refractivity contribution in [2.24, 2.45) is 0 Å². The van der Waals surface area contributed by atoms with E-state index in [0.29, 0.717) is 18.5 Å². The van der Waals surface area contributed by atoms with Crippen LogP contribution in [0.2, 0.25) is 5.02 Å². The van der Waals surface area contributed by atoms with Crippen LogP contribution >= 0.6 is 11.6 Å². The van der Waals surface area contributed by atoms with Gasteiger partial charge in [-0.15, -0.1) is 0 Å². The second-order valence-corrected chi connectivity index (χ2v) is 7.74. The Morgan fingerprint density at radius 2 is 1.92 bits per heavy atom. The maximum absolute atomic E-state index is 13.8. The van der Waals surface area contributed by atoms with Crippen LogP contribution in [0, 0.1) is 5.82 Å². The number of alkyl halides is 3. The number of ether oxygens (including phenoxy) is 1. The lowest BCUT2D eigenvalue weighted by molar-refractivity contribution is -0.141. The van der Waals surface area contributed by atoms with E-state index < -0.39 is 34.2 Å². The second-order valence-electron chi connectivity index (χ2n) is 7.33.